The lowest BCUT2D eigenvalue weighted by atomic mass is 10.4. The van der Waals surface area contributed by atoms with Crippen LogP contribution in [-0.4, -0.2) is 45.6 Å². The molecule has 0 unspecified atom stereocenters. The van der Waals surface area contributed by atoms with Crippen molar-refractivity contribution in [2.24, 2.45) is 0 Å². The number of ether oxygens (including phenoxy) is 3. The molecule has 0 radical (unpaired) electrons. The second kappa shape index (κ2) is 9.54. The fraction of sp³-hybridized carbons (Fsp3) is 0.455. The van der Waals surface area contributed by atoms with Crippen molar-refractivity contribution in [2.45, 2.75) is 0 Å². The topological polar surface area (TPSA) is 95.2 Å². The van der Waals surface area contributed by atoms with Gasteiger partial charge in [-0.2, -0.15) is 0 Å². The van der Waals surface area contributed by atoms with Crippen LogP contribution in [0.25, 0.3) is 0 Å². The number of esters is 1. The summed E-state index contributed by atoms with van der Waals surface area (Å²) < 4.78 is 19.4. The standard InChI is InChI=1S/C10H11BrO6.CH4O/c1-14-3-4-16-8-6(11)5-7(9(12)15-2)17-10(8)13;1-2/h5H,3-4H2,1-2H3;2H,1H3. The third kappa shape index (κ3) is 5.41. The van der Waals surface area contributed by atoms with Crippen LogP contribution in [0.15, 0.2) is 19.8 Å². The lowest BCUT2D eigenvalue weighted by molar-refractivity contribution is 0.0557. The van der Waals surface area contributed by atoms with E-state index in [9.17, 15) is 9.59 Å². The zero-order chi connectivity index (χ0) is 14.8. The first-order valence-corrected chi connectivity index (χ1v) is 5.88. The Morgan fingerprint density at radius 3 is 2.47 bits per heavy atom. The van der Waals surface area contributed by atoms with Gasteiger partial charge in [-0.05, 0) is 15.9 Å². The van der Waals surface area contributed by atoms with Crippen LogP contribution < -0.4 is 10.4 Å². The summed E-state index contributed by atoms with van der Waals surface area (Å²) in [5, 5.41) is 7.00. The zero-order valence-corrected chi connectivity index (χ0v) is 12.4. The Morgan fingerprint density at radius 2 is 2.00 bits per heavy atom. The van der Waals surface area contributed by atoms with Gasteiger partial charge in [0.15, 0.2) is 0 Å². The monoisotopic (exact) mass is 338 g/mol. The highest BCUT2D eigenvalue weighted by molar-refractivity contribution is 9.10. The summed E-state index contributed by atoms with van der Waals surface area (Å²) in [6.45, 7) is 0.544. The second-order valence-electron chi connectivity index (χ2n) is 2.91. The molecule has 0 aromatic carbocycles. The van der Waals surface area contributed by atoms with Crippen LogP contribution in [0.3, 0.4) is 0 Å². The molecule has 8 heteroatoms. The van der Waals surface area contributed by atoms with E-state index in [0.717, 1.165) is 7.11 Å². The Morgan fingerprint density at radius 1 is 1.37 bits per heavy atom. The first-order valence-electron chi connectivity index (χ1n) is 5.08. The number of hydrogen-bond acceptors (Lipinski definition) is 7. The van der Waals surface area contributed by atoms with Gasteiger partial charge in [0.2, 0.25) is 11.5 Å². The van der Waals surface area contributed by atoms with Gasteiger partial charge < -0.3 is 23.7 Å². The molecule has 0 saturated heterocycles. The number of carbonyl (C=O) groups is 1. The molecule has 7 nitrogen and oxygen atoms in total. The zero-order valence-electron chi connectivity index (χ0n) is 10.8. The molecule has 19 heavy (non-hydrogen) atoms. The van der Waals surface area contributed by atoms with Crippen LogP contribution in [0.2, 0.25) is 0 Å². The fourth-order valence-corrected chi connectivity index (χ4v) is 1.49. The average Bonchev–Trinajstić information content (AvgIpc) is 2.43. The first-order chi connectivity index (χ1) is 9.10. The molecular formula is C11H15BrO7. The van der Waals surface area contributed by atoms with Gasteiger partial charge in [-0.3, -0.25) is 0 Å². The van der Waals surface area contributed by atoms with Crippen LogP contribution in [-0.2, 0) is 9.47 Å². The number of halogens is 1. The third-order valence-corrected chi connectivity index (χ3v) is 2.37. The Balaban J connectivity index is 0.00000154. The number of aliphatic hydroxyl groups is 1. The number of hydrogen-bond donors (Lipinski definition) is 1. The largest absolute Gasteiger partial charge is 0.483 e. The van der Waals surface area contributed by atoms with Gasteiger partial charge in [-0.25, -0.2) is 9.59 Å². The molecule has 0 aliphatic carbocycles. The molecular weight excluding hydrogens is 324 g/mol. The van der Waals surface area contributed by atoms with E-state index in [0.29, 0.717) is 11.1 Å². The van der Waals surface area contributed by atoms with Crippen LogP contribution in [0.5, 0.6) is 5.75 Å². The fourth-order valence-electron chi connectivity index (χ4n) is 1.01. The minimum atomic E-state index is -0.754. The minimum absolute atomic E-state index is 0.00490. The van der Waals surface area contributed by atoms with Crippen molar-refractivity contribution in [2.75, 3.05) is 34.5 Å². The molecule has 1 aromatic heterocycles. The second-order valence-corrected chi connectivity index (χ2v) is 3.76. The summed E-state index contributed by atoms with van der Waals surface area (Å²) in [4.78, 5) is 22.7. The number of rotatable bonds is 5. The molecule has 0 saturated carbocycles. The summed E-state index contributed by atoms with van der Waals surface area (Å²) in [7, 11) is 3.71. The Bertz CT molecular complexity index is 455. The third-order valence-electron chi connectivity index (χ3n) is 1.78. The van der Waals surface area contributed by atoms with Crippen LogP contribution >= 0.6 is 15.9 Å². The van der Waals surface area contributed by atoms with E-state index in [2.05, 4.69) is 20.7 Å². The van der Waals surface area contributed by atoms with E-state index >= 15 is 0 Å². The summed E-state index contributed by atoms with van der Waals surface area (Å²) in [6.07, 6.45) is 0. The number of aliphatic hydroxyl groups excluding tert-OH is 1. The van der Waals surface area contributed by atoms with E-state index in [-0.39, 0.29) is 18.1 Å². The Hall–Kier alpha value is -1.38. The molecule has 1 heterocycles. The number of methoxy groups -OCH3 is 2. The van der Waals surface area contributed by atoms with E-state index in [1.54, 1.807) is 0 Å². The average molecular weight is 339 g/mol. The van der Waals surface area contributed by atoms with Gasteiger partial charge in [-0.1, -0.05) is 0 Å². The lowest BCUT2D eigenvalue weighted by Gasteiger charge is -2.06. The predicted molar refractivity (Wildman–Crippen MR) is 69.5 cm³/mol. The smallest absolute Gasteiger partial charge is 0.380 e. The summed E-state index contributed by atoms with van der Waals surface area (Å²) in [5.74, 6) is -0.926. The summed E-state index contributed by atoms with van der Waals surface area (Å²) >= 11 is 3.11. The quantitative estimate of drug-likeness (QED) is 0.627. The molecule has 0 spiro atoms. The minimum Gasteiger partial charge on any atom is -0.483 e. The van der Waals surface area contributed by atoms with Crippen molar-refractivity contribution in [1.29, 1.82) is 0 Å². The molecule has 1 aromatic rings. The first kappa shape index (κ1) is 17.6. The van der Waals surface area contributed by atoms with Gasteiger partial charge >= 0.3 is 11.6 Å². The van der Waals surface area contributed by atoms with Crippen molar-refractivity contribution in [3.63, 3.8) is 0 Å². The highest BCUT2D eigenvalue weighted by atomic mass is 79.9. The molecule has 108 valence electrons. The Labute approximate surface area is 118 Å². The molecule has 1 N–H and O–H groups in total. The van der Waals surface area contributed by atoms with Crippen molar-refractivity contribution >= 4 is 21.9 Å². The number of carbonyl (C=O) groups excluding carboxylic acids is 1. The highest BCUT2D eigenvalue weighted by Gasteiger charge is 2.16. The maximum absolute atomic E-state index is 11.5. The maximum atomic E-state index is 11.5. The Kier molecular flexibility index (Phi) is 8.84. The van der Waals surface area contributed by atoms with Crippen molar-refractivity contribution < 1.29 is 28.5 Å². The molecule has 0 aliphatic heterocycles. The van der Waals surface area contributed by atoms with E-state index in [1.807, 2.05) is 0 Å². The van der Waals surface area contributed by atoms with Crippen LogP contribution in [0, 0.1) is 0 Å². The van der Waals surface area contributed by atoms with E-state index in [4.69, 9.17) is 19.0 Å². The summed E-state index contributed by atoms with van der Waals surface area (Å²) in [5.41, 5.74) is -0.754. The summed E-state index contributed by atoms with van der Waals surface area (Å²) in [6, 6.07) is 1.31. The lowest BCUT2D eigenvalue weighted by Crippen LogP contribution is -2.14. The molecule has 1 rings (SSSR count). The SMILES string of the molecule is CO.COCCOc1c(Br)cc(C(=O)OC)oc1=O. The van der Waals surface area contributed by atoms with Crippen molar-refractivity contribution in [3.05, 3.63) is 26.7 Å². The maximum Gasteiger partial charge on any atom is 0.380 e. The molecule has 0 aliphatic rings. The van der Waals surface area contributed by atoms with Crippen LogP contribution in [0.4, 0.5) is 0 Å². The normalized spacial score (nSPS) is 9.32. The molecule has 0 fully saturated rings. The van der Waals surface area contributed by atoms with Gasteiger partial charge in [0.25, 0.3) is 0 Å². The van der Waals surface area contributed by atoms with Gasteiger partial charge in [0.05, 0.1) is 18.2 Å². The van der Waals surface area contributed by atoms with E-state index in [1.165, 1.54) is 20.3 Å². The highest BCUT2D eigenvalue weighted by Crippen LogP contribution is 2.22. The van der Waals surface area contributed by atoms with Gasteiger partial charge in [-0.15, -0.1) is 0 Å². The molecule has 0 bridgehead atoms. The van der Waals surface area contributed by atoms with Gasteiger partial charge in [0.1, 0.15) is 6.61 Å². The van der Waals surface area contributed by atoms with Crippen molar-refractivity contribution in [1.82, 2.24) is 0 Å². The van der Waals surface area contributed by atoms with Crippen LogP contribution in [0.1, 0.15) is 10.6 Å². The van der Waals surface area contributed by atoms with Gasteiger partial charge in [0, 0.05) is 20.3 Å². The molecule has 0 atom stereocenters. The van der Waals surface area contributed by atoms with Crippen molar-refractivity contribution in [3.8, 4) is 5.75 Å². The van der Waals surface area contributed by atoms with E-state index < -0.39 is 11.6 Å². The molecule has 0 amide bonds. The predicted octanol–water partition coefficient (Wildman–Crippen LogP) is 0.823.